The molecule has 4 heteroatoms. The average molecular weight is 245 g/mol. The minimum absolute atomic E-state index is 0.241. The monoisotopic (exact) mass is 245 g/mol. The van der Waals surface area contributed by atoms with E-state index in [1.54, 1.807) is 0 Å². The quantitative estimate of drug-likeness (QED) is 0.879. The molecule has 1 aromatic heterocycles. The molecular formula is C14H19N3O. The Hall–Kier alpha value is -1.68. The molecule has 0 unspecified atom stereocenters. The lowest BCUT2D eigenvalue weighted by Crippen LogP contribution is -2.21. The van der Waals surface area contributed by atoms with Crippen LogP contribution in [-0.4, -0.2) is 16.7 Å². The van der Waals surface area contributed by atoms with E-state index in [1.165, 1.54) is 5.56 Å². The molecule has 0 saturated carbocycles. The SMILES string of the molecule is CCNCc1nc(C(C)(C)c2ccccc2)no1. The summed E-state index contributed by atoms with van der Waals surface area (Å²) in [6.07, 6.45) is 0. The molecule has 0 aliphatic rings. The molecule has 0 radical (unpaired) electrons. The van der Waals surface area contributed by atoms with Gasteiger partial charge >= 0.3 is 0 Å². The van der Waals surface area contributed by atoms with Gasteiger partial charge in [-0.15, -0.1) is 0 Å². The molecule has 0 fully saturated rings. The molecule has 0 aliphatic heterocycles. The summed E-state index contributed by atoms with van der Waals surface area (Å²) in [7, 11) is 0. The Labute approximate surface area is 107 Å². The van der Waals surface area contributed by atoms with E-state index < -0.39 is 0 Å². The minimum atomic E-state index is -0.241. The predicted molar refractivity (Wildman–Crippen MR) is 70.2 cm³/mol. The van der Waals surface area contributed by atoms with Gasteiger partial charge in [0.1, 0.15) is 0 Å². The van der Waals surface area contributed by atoms with Crippen LogP contribution in [0.25, 0.3) is 0 Å². The van der Waals surface area contributed by atoms with Crippen LogP contribution < -0.4 is 5.32 Å². The van der Waals surface area contributed by atoms with Gasteiger partial charge < -0.3 is 9.84 Å². The molecule has 2 rings (SSSR count). The Morgan fingerprint density at radius 3 is 2.61 bits per heavy atom. The molecule has 18 heavy (non-hydrogen) atoms. The highest BCUT2D eigenvalue weighted by Crippen LogP contribution is 2.28. The van der Waals surface area contributed by atoms with Crippen molar-refractivity contribution in [1.29, 1.82) is 0 Å². The Morgan fingerprint density at radius 1 is 1.22 bits per heavy atom. The molecule has 0 saturated heterocycles. The Kier molecular flexibility index (Phi) is 3.77. The van der Waals surface area contributed by atoms with E-state index in [-0.39, 0.29) is 5.41 Å². The highest BCUT2D eigenvalue weighted by atomic mass is 16.5. The van der Waals surface area contributed by atoms with Gasteiger partial charge in [-0.3, -0.25) is 0 Å². The van der Waals surface area contributed by atoms with Crippen LogP contribution in [0.3, 0.4) is 0 Å². The van der Waals surface area contributed by atoms with Crippen molar-refractivity contribution in [1.82, 2.24) is 15.5 Å². The lowest BCUT2D eigenvalue weighted by Gasteiger charge is -2.20. The number of hydrogen-bond donors (Lipinski definition) is 1. The second kappa shape index (κ2) is 5.31. The van der Waals surface area contributed by atoms with Gasteiger partial charge in [0.15, 0.2) is 5.82 Å². The van der Waals surface area contributed by atoms with Crippen LogP contribution in [0.15, 0.2) is 34.9 Å². The van der Waals surface area contributed by atoms with Gasteiger partial charge in [0.05, 0.1) is 12.0 Å². The topological polar surface area (TPSA) is 51.0 Å². The summed E-state index contributed by atoms with van der Waals surface area (Å²) in [4.78, 5) is 4.46. The lowest BCUT2D eigenvalue weighted by molar-refractivity contribution is 0.358. The molecule has 1 heterocycles. The van der Waals surface area contributed by atoms with E-state index in [9.17, 15) is 0 Å². The Balaban J connectivity index is 2.22. The van der Waals surface area contributed by atoms with Crippen LogP contribution in [0.4, 0.5) is 0 Å². The van der Waals surface area contributed by atoms with Crippen LogP contribution in [-0.2, 0) is 12.0 Å². The molecule has 0 amide bonds. The average Bonchev–Trinajstić information content (AvgIpc) is 2.87. The van der Waals surface area contributed by atoms with Gasteiger partial charge in [0, 0.05) is 0 Å². The first-order valence-electron chi connectivity index (χ1n) is 6.24. The summed E-state index contributed by atoms with van der Waals surface area (Å²) in [6.45, 7) is 7.76. The normalized spacial score (nSPS) is 11.7. The highest BCUT2D eigenvalue weighted by Gasteiger charge is 2.28. The van der Waals surface area contributed by atoms with Gasteiger partial charge in [-0.1, -0.05) is 42.4 Å². The molecule has 96 valence electrons. The first-order chi connectivity index (χ1) is 8.64. The molecular weight excluding hydrogens is 226 g/mol. The summed E-state index contributed by atoms with van der Waals surface area (Å²) < 4.78 is 5.25. The van der Waals surface area contributed by atoms with Crippen LogP contribution in [0.1, 0.15) is 38.0 Å². The zero-order valence-corrected chi connectivity index (χ0v) is 11.1. The van der Waals surface area contributed by atoms with E-state index in [2.05, 4.69) is 41.4 Å². The summed E-state index contributed by atoms with van der Waals surface area (Å²) in [5.41, 5.74) is 0.940. The number of aromatic nitrogens is 2. The molecule has 1 aromatic carbocycles. The summed E-state index contributed by atoms with van der Waals surface area (Å²) in [5, 5.41) is 7.26. The van der Waals surface area contributed by atoms with Gasteiger partial charge in [-0.2, -0.15) is 4.98 Å². The second-order valence-corrected chi connectivity index (χ2v) is 4.78. The number of benzene rings is 1. The molecule has 4 nitrogen and oxygen atoms in total. The third kappa shape index (κ3) is 2.59. The van der Waals surface area contributed by atoms with E-state index >= 15 is 0 Å². The Morgan fingerprint density at radius 2 is 1.94 bits per heavy atom. The van der Waals surface area contributed by atoms with E-state index in [4.69, 9.17) is 4.52 Å². The van der Waals surface area contributed by atoms with Crippen molar-refractivity contribution in [2.45, 2.75) is 32.7 Å². The predicted octanol–water partition coefficient (Wildman–Crippen LogP) is 2.51. The summed E-state index contributed by atoms with van der Waals surface area (Å²) in [6, 6.07) is 10.2. The minimum Gasteiger partial charge on any atom is -0.338 e. The van der Waals surface area contributed by atoms with Crippen molar-refractivity contribution >= 4 is 0 Å². The van der Waals surface area contributed by atoms with Crippen molar-refractivity contribution in [2.75, 3.05) is 6.54 Å². The third-order valence-corrected chi connectivity index (χ3v) is 3.05. The van der Waals surface area contributed by atoms with Gasteiger partial charge in [0.2, 0.25) is 5.89 Å². The molecule has 0 atom stereocenters. The number of rotatable bonds is 5. The lowest BCUT2D eigenvalue weighted by atomic mass is 9.84. The molecule has 1 N–H and O–H groups in total. The van der Waals surface area contributed by atoms with E-state index in [0.29, 0.717) is 12.4 Å². The van der Waals surface area contributed by atoms with Crippen molar-refractivity contribution in [3.8, 4) is 0 Å². The smallest absolute Gasteiger partial charge is 0.240 e. The zero-order valence-electron chi connectivity index (χ0n) is 11.1. The van der Waals surface area contributed by atoms with Gasteiger partial charge in [0.25, 0.3) is 0 Å². The maximum absolute atomic E-state index is 5.25. The molecule has 2 aromatic rings. The zero-order chi connectivity index (χ0) is 13.0. The van der Waals surface area contributed by atoms with Crippen molar-refractivity contribution in [2.24, 2.45) is 0 Å². The first kappa shape index (κ1) is 12.8. The van der Waals surface area contributed by atoms with Crippen LogP contribution >= 0.6 is 0 Å². The maximum atomic E-state index is 5.25. The molecule has 0 spiro atoms. The van der Waals surface area contributed by atoms with Crippen molar-refractivity contribution in [3.05, 3.63) is 47.6 Å². The maximum Gasteiger partial charge on any atom is 0.240 e. The third-order valence-electron chi connectivity index (χ3n) is 3.05. The molecule has 0 aliphatic carbocycles. The highest BCUT2D eigenvalue weighted by molar-refractivity contribution is 5.30. The Bertz CT molecular complexity index is 491. The van der Waals surface area contributed by atoms with Crippen molar-refractivity contribution in [3.63, 3.8) is 0 Å². The first-order valence-corrected chi connectivity index (χ1v) is 6.24. The standard InChI is InChI=1S/C14H19N3O/c1-4-15-10-12-16-13(17-18-12)14(2,3)11-8-6-5-7-9-11/h5-9,15H,4,10H2,1-3H3. The number of nitrogens with zero attached hydrogens (tertiary/aromatic N) is 2. The van der Waals surface area contributed by atoms with Crippen LogP contribution in [0.2, 0.25) is 0 Å². The van der Waals surface area contributed by atoms with Crippen molar-refractivity contribution < 1.29 is 4.52 Å². The van der Waals surface area contributed by atoms with Crippen LogP contribution in [0.5, 0.6) is 0 Å². The van der Waals surface area contributed by atoms with E-state index in [0.717, 1.165) is 12.4 Å². The van der Waals surface area contributed by atoms with Gasteiger partial charge in [-0.05, 0) is 26.0 Å². The number of nitrogens with one attached hydrogen (secondary N) is 1. The fourth-order valence-electron chi connectivity index (χ4n) is 1.80. The summed E-state index contributed by atoms with van der Waals surface area (Å²) in [5.74, 6) is 1.36. The van der Waals surface area contributed by atoms with E-state index in [1.807, 2.05) is 25.1 Å². The molecule has 0 bridgehead atoms. The van der Waals surface area contributed by atoms with Crippen LogP contribution in [0, 0.1) is 0 Å². The fourth-order valence-corrected chi connectivity index (χ4v) is 1.80. The fraction of sp³-hybridized carbons (Fsp3) is 0.429. The summed E-state index contributed by atoms with van der Waals surface area (Å²) >= 11 is 0. The second-order valence-electron chi connectivity index (χ2n) is 4.78. The van der Waals surface area contributed by atoms with Gasteiger partial charge in [-0.25, -0.2) is 0 Å². The number of hydrogen-bond acceptors (Lipinski definition) is 4. The largest absolute Gasteiger partial charge is 0.338 e.